The first-order chi connectivity index (χ1) is 13.5. The molecule has 28 heavy (non-hydrogen) atoms. The van der Waals surface area contributed by atoms with Gasteiger partial charge in [-0.25, -0.2) is 15.0 Å². The molecule has 4 rings (SSSR count). The molecule has 1 atom stereocenters. The monoisotopic (exact) mass is 397 g/mol. The Hall–Kier alpha value is -2.61. The van der Waals surface area contributed by atoms with Gasteiger partial charge < -0.3 is 15.8 Å². The highest BCUT2D eigenvalue weighted by molar-refractivity contribution is 7.99. The molecule has 0 saturated carbocycles. The minimum Gasteiger partial charge on any atom is -0.475 e. The van der Waals surface area contributed by atoms with Crippen molar-refractivity contribution in [3.63, 3.8) is 0 Å². The molecule has 0 aliphatic carbocycles. The molecule has 3 N–H and O–H groups in total. The van der Waals surface area contributed by atoms with Gasteiger partial charge in [0, 0.05) is 29.8 Å². The molecule has 7 nitrogen and oxygen atoms in total. The number of thioether (sulfide) groups is 1. The highest BCUT2D eigenvalue weighted by Crippen LogP contribution is 2.30. The standard InChI is InChI=1S/C20H23N5O2S/c1-11-7-12(2)15-8-14(11)16-9-18(25-20(21)24-16)28-6-4-17(26)22-5-3-13-10-27-19(15)23-13/h7-9,13H,3-6,10H2,1-2H3,(H,22,26)(H2,21,24,25)/t13-/m0/s1. The smallest absolute Gasteiger partial charge is 0.221 e. The Morgan fingerprint density at radius 3 is 2.86 bits per heavy atom. The molecule has 2 aromatic rings. The van der Waals surface area contributed by atoms with E-state index in [1.165, 1.54) is 11.8 Å². The van der Waals surface area contributed by atoms with Crippen LogP contribution in [-0.2, 0) is 9.53 Å². The van der Waals surface area contributed by atoms with E-state index in [1.54, 1.807) is 0 Å². The molecule has 1 aromatic heterocycles. The van der Waals surface area contributed by atoms with Crippen molar-refractivity contribution in [2.24, 2.45) is 4.99 Å². The lowest BCUT2D eigenvalue weighted by Gasteiger charge is -2.13. The molecule has 6 bridgehead atoms. The van der Waals surface area contributed by atoms with E-state index in [0.717, 1.165) is 39.4 Å². The highest BCUT2D eigenvalue weighted by Gasteiger charge is 2.23. The van der Waals surface area contributed by atoms with Gasteiger partial charge in [0.25, 0.3) is 0 Å². The Morgan fingerprint density at radius 1 is 1.18 bits per heavy atom. The number of aryl methyl sites for hydroxylation is 2. The van der Waals surface area contributed by atoms with E-state index in [4.69, 9.17) is 15.5 Å². The lowest BCUT2D eigenvalue weighted by molar-refractivity contribution is -0.120. The minimum atomic E-state index is 0.0295. The van der Waals surface area contributed by atoms with E-state index in [1.807, 2.05) is 6.07 Å². The predicted molar refractivity (Wildman–Crippen MR) is 111 cm³/mol. The van der Waals surface area contributed by atoms with Crippen LogP contribution in [0.1, 0.15) is 29.5 Å². The number of hydrogen-bond donors (Lipinski definition) is 2. The Morgan fingerprint density at radius 2 is 2.00 bits per heavy atom. The number of hydrogen-bond acceptors (Lipinski definition) is 7. The first-order valence-corrected chi connectivity index (χ1v) is 10.3. The van der Waals surface area contributed by atoms with Gasteiger partial charge >= 0.3 is 0 Å². The van der Waals surface area contributed by atoms with Gasteiger partial charge in [-0.3, -0.25) is 4.79 Å². The summed E-state index contributed by atoms with van der Waals surface area (Å²) in [7, 11) is 0. The second-order valence-corrected chi connectivity index (χ2v) is 8.18. The molecule has 2 aliphatic rings. The van der Waals surface area contributed by atoms with Crippen LogP contribution in [0.5, 0.6) is 0 Å². The number of carbonyl (C=O) groups excluding carboxylic acids is 1. The molecule has 1 amide bonds. The van der Waals surface area contributed by atoms with Gasteiger partial charge in [0.15, 0.2) is 0 Å². The largest absolute Gasteiger partial charge is 0.475 e. The lowest BCUT2D eigenvalue weighted by atomic mass is 9.97. The van der Waals surface area contributed by atoms with E-state index in [-0.39, 0.29) is 17.9 Å². The fraction of sp³-hybridized carbons (Fsp3) is 0.400. The first-order valence-electron chi connectivity index (χ1n) is 9.36. The van der Waals surface area contributed by atoms with Crippen molar-refractivity contribution in [3.8, 4) is 11.3 Å². The number of amides is 1. The number of nitrogens with one attached hydrogen (secondary N) is 1. The van der Waals surface area contributed by atoms with Gasteiger partial charge in [-0.05, 0) is 43.5 Å². The van der Waals surface area contributed by atoms with Crippen molar-refractivity contribution >= 4 is 29.5 Å². The molecule has 1 aromatic carbocycles. The number of nitrogens with zero attached hydrogens (tertiary/aromatic N) is 3. The Kier molecular flexibility index (Phi) is 5.21. The number of fused-ring (bicyclic) bond motifs is 7. The van der Waals surface area contributed by atoms with E-state index in [9.17, 15) is 4.79 Å². The molecular formula is C20H23N5O2S. The molecule has 146 valence electrons. The number of ether oxygens (including phenoxy) is 1. The average molecular weight is 398 g/mol. The third kappa shape index (κ3) is 3.96. The third-order valence-electron chi connectivity index (χ3n) is 4.89. The van der Waals surface area contributed by atoms with E-state index < -0.39 is 0 Å². The van der Waals surface area contributed by atoms with Crippen LogP contribution in [0.2, 0.25) is 0 Å². The summed E-state index contributed by atoms with van der Waals surface area (Å²) < 4.78 is 5.88. The van der Waals surface area contributed by atoms with Gasteiger partial charge in [-0.15, -0.1) is 11.8 Å². The molecule has 0 spiro atoms. The number of nitrogen functional groups attached to an aromatic ring is 1. The van der Waals surface area contributed by atoms with Crippen LogP contribution in [0.3, 0.4) is 0 Å². The van der Waals surface area contributed by atoms with Crippen molar-refractivity contribution in [1.29, 1.82) is 0 Å². The maximum Gasteiger partial charge on any atom is 0.221 e. The number of rotatable bonds is 0. The van der Waals surface area contributed by atoms with Crippen LogP contribution in [0, 0.1) is 13.8 Å². The van der Waals surface area contributed by atoms with Crippen molar-refractivity contribution < 1.29 is 9.53 Å². The van der Waals surface area contributed by atoms with Crippen LogP contribution in [-0.4, -0.2) is 46.7 Å². The SMILES string of the molecule is Cc1cc(C)c2cc1C1=N[C@@H](CCNC(=O)CCSc3cc-2nc(N)n3)CO1. The van der Waals surface area contributed by atoms with E-state index in [0.29, 0.717) is 31.2 Å². The Balaban J connectivity index is 1.80. The molecule has 3 heterocycles. The summed E-state index contributed by atoms with van der Waals surface area (Å²) in [5.74, 6) is 1.54. The highest BCUT2D eigenvalue weighted by atomic mass is 32.2. The molecule has 0 radical (unpaired) electrons. The van der Waals surface area contributed by atoms with Crippen molar-refractivity contribution in [1.82, 2.24) is 15.3 Å². The number of aromatic nitrogens is 2. The number of aliphatic imine (C=N–C) groups is 1. The van der Waals surface area contributed by atoms with Gasteiger partial charge in [0.1, 0.15) is 11.6 Å². The van der Waals surface area contributed by atoms with Crippen LogP contribution >= 0.6 is 11.8 Å². The van der Waals surface area contributed by atoms with Crippen molar-refractivity contribution in [2.75, 3.05) is 24.6 Å². The summed E-state index contributed by atoms with van der Waals surface area (Å²) >= 11 is 1.51. The van der Waals surface area contributed by atoms with Gasteiger partial charge in [-0.1, -0.05) is 6.07 Å². The quantitative estimate of drug-likeness (QED) is 0.662. The fourth-order valence-corrected chi connectivity index (χ4v) is 4.29. The Labute approximate surface area is 168 Å². The van der Waals surface area contributed by atoms with Crippen molar-refractivity contribution in [2.45, 2.75) is 37.8 Å². The maximum absolute atomic E-state index is 12.0. The number of benzene rings is 1. The topological polar surface area (TPSA) is 102 Å². The summed E-state index contributed by atoms with van der Waals surface area (Å²) in [5.41, 5.74) is 10.9. The zero-order chi connectivity index (χ0) is 19.7. The normalized spacial score (nSPS) is 19.6. The minimum absolute atomic E-state index is 0.0295. The number of nitrogens with two attached hydrogens (primary N) is 1. The van der Waals surface area contributed by atoms with Crippen molar-refractivity contribution in [3.05, 3.63) is 34.9 Å². The molecule has 8 heteroatoms. The van der Waals surface area contributed by atoms with E-state index in [2.05, 4.69) is 41.3 Å². The van der Waals surface area contributed by atoms with Crippen LogP contribution in [0.4, 0.5) is 5.95 Å². The predicted octanol–water partition coefficient (Wildman–Crippen LogP) is 2.49. The van der Waals surface area contributed by atoms with Crippen LogP contribution < -0.4 is 11.1 Å². The Bertz CT molecular complexity index is 960. The van der Waals surface area contributed by atoms with Gasteiger partial charge in [0.05, 0.1) is 11.7 Å². The van der Waals surface area contributed by atoms with Gasteiger partial charge in [-0.2, -0.15) is 0 Å². The number of anilines is 1. The van der Waals surface area contributed by atoms with E-state index >= 15 is 0 Å². The fourth-order valence-electron chi connectivity index (χ4n) is 3.44. The summed E-state index contributed by atoms with van der Waals surface area (Å²) in [4.78, 5) is 25.5. The maximum atomic E-state index is 12.0. The molecule has 0 unspecified atom stereocenters. The summed E-state index contributed by atoms with van der Waals surface area (Å²) in [6.45, 7) is 5.24. The molecule has 0 fully saturated rings. The lowest BCUT2D eigenvalue weighted by Crippen LogP contribution is -2.27. The summed E-state index contributed by atoms with van der Waals surface area (Å²) in [6, 6.07) is 6.18. The average Bonchev–Trinajstić information content (AvgIpc) is 3.09. The summed E-state index contributed by atoms with van der Waals surface area (Å²) in [5, 5.41) is 3.72. The second kappa shape index (κ2) is 7.79. The first kappa shape index (κ1) is 18.7. The van der Waals surface area contributed by atoms with Crippen LogP contribution in [0.25, 0.3) is 11.3 Å². The van der Waals surface area contributed by atoms with Gasteiger partial charge in [0.2, 0.25) is 17.8 Å². The molecule has 2 aliphatic heterocycles. The van der Waals surface area contributed by atoms with Crippen LogP contribution in [0.15, 0.2) is 28.2 Å². The zero-order valence-corrected chi connectivity index (χ0v) is 16.8. The second-order valence-electron chi connectivity index (χ2n) is 7.07. The third-order valence-corrected chi connectivity index (χ3v) is 5.80. The molecular weight excluding hydrogens is 374 g/mol. The summed E-state index contributed by atoms with van der Waals surface area (Å²) in [6.07, 6.45) is 1.19. The zero-order valence-electron chi connectivity index (χ0n) is 16.0. The number of carbonyl (C=O) groups is 1. The molecule has 0 saturated heterocycles.